The molecule has 7 heteroatoms. The van der Waals surface area contributed by atoms with E-state index in [1.807, 2.05) is 6.92 Å². The Morgan fingerprint density at radius 1 is 1.50 bits per heavy atom. The number of hydrogen-bond acceptors (Lipinski definition) is 4. The Labute approximate surface area is 115 Å². The summed E-state index contributed by atoms with van der Waals surface area (Å²) >= 11 is 0. The average Bonchev–Trinajstić information content (AvgIpc) is 2.46. The molecule has 2 N–H and O–H groups in total. The van der Waals surface area contributed by atoms with Crippen molar-refractivity contribution >= 4 is 17.8 Å². The minimum Gasteiger partial charge on any atom is -0.478 e. The molecule has 0 radical (unpaired) electrons. The number of piperazine rings is 1. The van der Waals surface area contributed by atoms with Crippen LogP contribution in [-0.4, -0.2) is 51.9 Å². The number of pyridine rings is 1. The highest BCUT2D eigenvalue weighted by Gasteiger charge is 2.32. The fraction of sp³-hybridized carbons (Fsp3) is 0.385. The van der Waals surface area contributed by atoms with E-state index >= 15 is 0 Å². The minimum atomic E-state index is -1.10. The van der Waals surface area contributed by atoms with Crippen LogP contribution in [0.5, 0.6) is 0 Å². The van der Waals surface area contributed by atoms with E-state index in [1.54, 1.807) is 0 Å². The topological polar surface area (TPSA) is 99.6 Å². The van der Waals surface area contributed by atoms with Crippen molar-refractivity contribution in [1.82, 2.24) is 15.2 Å². The smallest absolute Gasteiger partial charge is 0.337 e. The summed E-state index contributed by atoms with van der Waals surface area (Å²) in [5.74, 6) is -1.63. The van der Waals surface area contributed by atoms with Crippen LogP contribution in [0.1, 0.15) is 34.2 Å². The Balaban J connectivity index is 2.21. The zero-order chi connectivity index (χ0) is 14.7. The SMILES string of the molecule is CCC1C(=O)NCCN1C(=O)c1ccc(C(=O)O)cn1. The Kier molecular flexibility index (Phi) is 3.97. The second kappa shape index (κ2) is 5.68. The van der Waals surface area contributed by atoms with Gasteiger partial charge in [0.25, 0.3) is 5.91 Å². The fourth-order valence-corrected chi connectivity index (χ4v) is 2.16. The van der Waals surface area contributed by atoms with Gasteiger partial charge < -0.3 is 15.3 Å². The van der Waals surface area contributed by atoms with Crippen LogP contribution in [0.15, 0.2) is 18.3 Å². The molecule has 0 saturated carbocycles. The molecule has 7 nitrogen and oxygen atoms in total. The predicted octanol–water partition coefficient (Wildman–Crippen LogP) is 0.130. The molecule has 1 aliphatic heterocycles. The van der Waals surface area contributed by atoms with Gasteiger partial charge in [-0.1, -0.05) is 6.92 Å². The quantitative estimate of drug-likeness (QED) is 0.818. The minimum absolute atomic E-state index is 0.0185. The molecule has 0 bridgehead atoms. The summed E-state index contributed by atoms with van der Waals surface area (Å²) in [5.41, 5.74) is 0.160. The van der Waals surface area contributed by atoms with Crippen molar-refractivity contribution in [2.75, 3.05) is 13.1 Å². The van der Waals surface area contributed by atoms with Crippen LogP contribution in [-0.2, 0) is 4.79 Å². The number of aromatic nitrogens is 1. The van der Waals surface area contributed by atoms with Gasteiger partial charge in [-0.2, -0.15) is 0 Å². The Bertz CT molecular complexity index is 541. The van der Waals surface area contributed by atoms with Gasteiger partial charge in [-0.3, -0.25) is 14.6 Å². The number of carboxylic acid groups (broad SMARTS) is 1. The Hall–Kier alpha value is -2.44. The molecule has 2 heterocycles. The maximum atomic E-state index is 12.3. The molecule has 0 aliphatic carbocycles. The number of nitrogens with one attached hydrogen (secondary N) is 1. The van der Waals surface area contributed by atoms with Crippen LogP contribution in [0.2, 0.25) is 0 Å². The monoisotopic (exact) mass is 277 g/mol. The second-order valence-electron chi connectivity index (χ2n) is 4.45. The first-order valence-corrected chi connectivity index (χ1v) is 6.32. The Morgan fingerprint density at radius 2 is 2.25 bits per heavy atom. The van der Waals surface area contributed by atoms with Crippen LogP contribution in [0, 0.1) is 0 Å². The van der Waals surface area contributed by atoms with Crippen molar-refractivity contribution < 1.29 is 19.5 Å². The van der Waals surface area contributed by atoms with Gasteiger partial charge in [-0.25, -0.2) is 4.79 Å². The first kappa shape index (κ1) is 14.0. The lowest BCUT2D eigenvalue weighted by atomic mass is 10.1. The molecule has 2 amide bonds. The molecule has 1 saturated heterocycles. The highest BCUT2D eigenvalue weighted by molar-refractivity contribution is 5.97. The molecular formula is C13H15N3O4. The molecule has 1 atom stereocenters. The third kappa shape index (κ3) is 2.61. The normalized spacial score (nSPS) is 18.6. The van der Waals surface area contributed by atoms with Gasteiger partial charge in [0.15, 0.2) is 0 Å². The molecule has 0 aromatic carbocycles. The number of carbonyl (C=O) groups excluding carboxylic acids is 2. The molecule has 1 aliphatic rings. The lowest BCUT2D eigenvalue weighted by Crippen LogP contribution is -2.57. The van der Waals surface area contributed by atoms with Crippen molar-refractivity contribution in [2.45, 2.75) is 19.4 Å². The van der Waals surface area contributed by atoms with E-state index in [4.69, 9.17) is 5.11 Å². The van der Waals surface area contributed by atoms with Crippen LogP contribution in [0.25, 0.3) is 0 Å². The third-order valence-corrected chi connectivity index (χ3v) is 3.21. The number of carbonyl (C=O) groups is 3. The van der Waals surface area contributed by atoms with Crippen molar-refractivity contribution in [3.05, 3.63) is 29.6 Å². The van der Waals surface area contributed by atoms with E-state index in [2.05, 4.69) is 10.3 Å². The Morgan fingerprint density at radius 3 is 2.80 bits per heavy atom. The maximum Gasteiger partial charge on any atom is 0.337 e. The summed E-state index contributed by atoms with van der Waals surface area (Å²) in [6.45, 7) is 2.66. The number of amides is 2. The van der Waals surface area contributed by atoms with Crippen LogP contribution in [0.3, 0.4) is 0 Å². The summed E-state index contributed by atoms with van der Waals surface area (Å²) in [7, 11) is 0. The van der Waals surface area contributed by atoms with Crippen LogP contribution < -0.4 is 5.32 Å². The van der Waals surface area contributed by atoms with Gasteiger partial charge >= 0.3 is 5.97 Å². The molecule has 1 aromatic rings. The van der Waals surface area contributed by atoms with E-state index in [1.165, 1.54) is 17.0 Å². The van der Waals surface area contributed by atoms with E-state index < -0.39 is 12.0 Å². The summed E-state index contributed by atoms with van der Waals surface area (Å²) in [5, 5.41) is 11.5. The number of nitrogens with zero attached hydrogens (tertiary/aromatic N) is 2. The number of carboxylic acids is 1. The number of hydrogen-bond donors (Lipinski definition) is 2. The maximum absolute atomic E-state index is 12.3. The van der Waals surface area contributed by atoms with Gasteiger partial charge in [0, 0.05) is 19.3 Å². The molecule has 1 fully saturated rings. The largest absolute Gasteiger partial charge is 0.478 e. The molecule has 1 aromatic heterocycles. The summed E-state index contributed by atoms with van der Waals surface area (Å²) in [6.07, 6.45) is 1.66. The predicted molar refractivity (Wildman–Crippen MR) is 69.3 cm³/mol. The lowest BCUT2D eigenvalue weighted by molar-refractivity contribution is -0.127. The van der Waals surface area contributed by atoms with E-state index in [-0.39, 0.29) is 23.1 Å². The highest BCUT2D eigenvalue weighted by atomic mass is 16.4. The van der Waals surface area contributed by atoms with Crippen LogP contribution in [0.4, 0.5) is 0 Å². The standard InChI is InChI=1S/C13H15N3O4/c1-2-10-11(17)14-5-6-16(10)12(18)9-4-3-8(7-15-9)13(19)20/h3-4,7,10H,2,5-6H2,1H3,(H,14,17)(H,19,20). The highest BCUT2D eigenvalue weighted by Crippen LogP contribution is 2.13. The summed E-state index contributed by atoms with van der Waals surface area (Å²) in [6, 6.07) is 2.19. The fourth-order valence-electron chi connectivity index (χ4n) is 2.16. The number of rotatable bonds is 3. The summed E-state index contributed by atoms with van der Waals surface area (Å²) in [4.78, 5) is 40.1. The third-order valence-electron chi connectivity index (χ3n) is 3.21. The average molecular weight is 277 g/mol. The molecule has 20 heavy (non-hydrogen) atoms. The molecule has 2 rings (SSSR count). The van der Waals surface area contributed by atoms with Crippen molar-refractivity contribution in [3.63, 3.8) is 0 Å². The zero-order valence-corrected chi connectivity index (χ0v) is 11.0. The molecule has 1 unspecified atom stereocenters. The van der Waals surface area contributed by atoms with Gasteiger partial charge in [0.05, 0.1) is 5.56 Å². The second-order valence-corrected chi connectivity index (χ2v) is 4.45. The number of aromatic carboxylic acids is 1. The first-order chi connectivity index (χ1) is 9.54. The van der Waals surface area contributed by atoms with Crippen molar-refractivity contribution in [3.8, 4) is 0 Å². The lowest BCUT2D eigenvalue weighted by Gasteiger charge is -2.34. The van der Waals surface area contributed by atoms with Gasteiger partial charge in [0.1, 0.15) is 11.7 Å². The van der Waals surface area contributed by atoms with Gasteiger partial charge in [-0.05, 0) is 18.6 Å². The van der Waals surface area contributed by atoms with E-state index in [0.29, 0.717) is 19.5 Å². The van der Waals surface area contributed by atoms with Gasteiger partial charge in [0.2, 0.25) is 5.91 Å². The van der Waals surface area contributed by atoms with Gasteiger partial charge in [-0.15, -0.1) is 0 Å². The van der Waals surface area contributed by atoms with E-state index in [0.717, 1.165) is 6.20 Å². The van der Waals surface area contributed by atoms with E-state index in [9.17, 15) is 14.4 Å². The van der Waals surface area contributed by atoms with Crippen LogP contribution >= 0.6 is 0 Å². The van der Waals surface area contributed by atoms with Crippen molar-refractivity contribution in [2.24, 2.45) is 0 Å². The van der Waals surface area contributed by atoms with Crippen molar-refractivity contribution in [1.29, 1.82) is 0 Å². The zero-order valence-electron chi connectivity index (χ0n) is 11.0. The molecule has 0 spiro atoms. The molecule has 106 valence electrons. The first-order valence-electron chi connectivity index (χ1n) is 6.32. The molecular weight excluding hydrogens is 262 g/mol. The summed E-state index contributed by atoms with van der Waals surface area (Å²) < 4.78 is 0.